The van der Waals surface area contributed by atoms with Crippen LogP contribution in [0.2, 0.25) is 0 Å². The van der Waals surface area contributed by atoms with Crippen LogP contribution in [0.15, 0.2) is 24.3 Å². The van der Waals surface area contributed by atoms with Gasteiger partial charge in [0.05, 0.1) is 12.0 Å². The molecular weight excluding hydrogens is 216 g/mol. The Morgan fingerprint density at radius 1 is 1.35 bits per heavy atom. The minimum absolute atomic E-state index is 0.104. The van der Waals surface area contributed by atoms with Crippen molar-refractivity contribution in [2.45, 2.75) is 32.4 Å². The molecule has 0 atom stereocenters. The maximum absolute atomic E-state index is 11.7. The first kappa shape index (κ1) is 13.7. The Morgan fingerprint density at radius 2 is 1.94 bits per heavy atom. The quantitative estimate of drug-likeness (QED) is 0.700. The lowest BCUT2D eigenvalue weighted by atomic mass is 10.0. The number of nitrogens with one attached hydrogen (secondary N) is 1. The summed E-state index contributed by atoms with van der Waals surface area (Å²) in [6.45, 7) is 3.98. The molecule has 1 amide bonds. The number of benzene rings is 1. The summed E-state index contributed by atoms with van der Waals surface area (Å²) in [6, 6.07) is 7.60. The van der Waals surface area contributed by atoms with Crippen LogP contribution in [0.5, 0.6) is 0 Å². The van der Waals surface area contributed by atoms with Gasteiger partial charge in [-0.1, -0.05) is 24.3 Å². The molecule has 1 aromatic carbocycles. The Morgan fingerprint density at radius 3 is 2.47 bits per heavy atom. The van der Waals surface area contributed by atoms with Crippen LogP contribution in [0, 0.1) is 0 Å². The molecule has 0 bridgehead atoms. The van der Waals surface area contributed by atoms with Crippen molar-refractivity contribution in [3.05, 3.63) is 35.4 Å². The molecule has 94 valence electrons. The Labute approximate surface area is 102 Å². The highest BCUT2D eigenvalue weighted by molar-refractivity contribution is 5.79. The van der Waals surface area contributed by atoms with Crippen molar-refractivity contribution in [1.29, 1.82) is 0 Å². The maximum Gasteiger partial charge on any atom is 0.224 e. The third-order valence-electron chi connectivity index (χ3n) is 2.41. The van der Waals surface area contributed by atoms with E-state index >= 15 is 0 Å². The van der Waals surface area contributed by atoms with Gasteiger partial charge in [0.2, 0.25) is 5.91 Å². The molecule has 0 fully saturated rings. The van der Waals surface area contributed by atoms with Crippen molar-refractivity contribution in [3.63, 3.8) is 0 Å². The minimum atomic E-state index is -0.886. The third kappa shape index (κ3) is 4.97. The van der Waals surface area contributed by atoms with Gasteiger partial charge < -0.3 is 16.2 Å². The van der Waals surface area contributed by atoms with Gasteiger partial charge in [0.25, 0.3) is 0 Å². The molecule has 1 aromatic rings. The highest BCUT2D eigenvalue weighted by Crippen LogP contribution is 2.08. The van der Waals surface area contributed by atoms with E-state index in [1.807, 2.05) is 24.3 Å². The average molecular weight is 236 g/mol. The Balaban J connectivity index is 2.56. The van der Waals surface area contributed by atoms with Crippen molar-refractivity contribution in [2.75, 3.05) is 6.54 Å². The number of aliphatic hydroxyl groups is 1. The van der Waals surface area contributed by atoms with Crippen LogP contribution < -0.4 is 11.1 Å². The molecule has 17 heavy (non-hydrogen) atoms. The predicted molar refractivity (Wildman–Crippen MR) is 67.3 cm³/mol. The summed E-state index contributed by atoms with van der Waals surface area (Å²) in [5.41, 5.74) is 6.62. The minimum Gasteiger partial charge on any atom is -0.389 e. The van der Waals surface area contributed by atoms with Crippen molar-refractivity contribution >= 4 is 5.91 Å². The van der Waals surface area contributed by atoms with Gasteiger partial charge in [0, 0.05) is 13.1 Å². The van der Waals surface area contributed by atoms with Crippen LogP contribution in [0.25, 0.3) is 0 Å². The van der Waals surface area contributed by atoms with Gasteiger partial charge in [0.15, 0.2) is 0 Å². The molecule has 0 aromatic heterocycles. The Kier molecular flexibility index (Phi) is 4.66. The molecule has 0 heterocycles. The number of hydrogen-bond donors (Lipinski definition) is 3. The topological polar surface area (TPSA) is 75.3 Å². The first-order valence-electron chi connectivity index (χ1n) is 5.68. The molecule has 0 saturated heterocycles. The number of carbonyl (C=O) groups is 1. The first-order chi connectivity index (χ1) is 7.92. The molecule has 0 aliphatic heterocycles. The lowest BCUT2D eigenvalue weighted by molar-refractivity contribution is -0.121. The SMILES string of the molecule is CC(C)(O)CNC(=O)Cc1ccccc1CN. The smallest absolute Gasteiger partial charge is 0.224 e. The highest BCUT2D eigenvalue weighted by atomic mass is 16.3. The van der Waals surface area contributed by atoms with Gasteiger partial charge in [-0.15, -0.1) is 0 Å². The fourth-order valence-corrected chi connectivity index (χ4v) is 1.48. The lowest BCUT2D eigenvalue weighted by Crippen LogP contribution is -2.38. The van der Waals surface area contributed by atoms with Gasteiger partial charge in [-0.05, 0) is 25.0 Å². The second kappa shape index (κ2) is 5.80. The normalized spacial score (nSPS) is 11.3. The number of hydrogen-bond acceptors (Lipinski definition) is 3. The van der Waals surface area contributed by atoms with E-state index in [0.29, 0.717) is 13.0 Å². The van der Waals surface area contributed by atoms with Gasteiger partial charge in [-0.3, -0.25) is 4.79 Å². The van der Waals surface area contributed by atoms with E-state index in [2.05, 4.69) is 5.32 Å². The second-order valence-electron chi connectivity index (χ2n) is 4.74. The van der Waals surface area contributed by atoms with E-state index in [4.69, 9.17) is 5.73 Å². The van der Waals surface area contributed by atoms with E-state index in [0.717, 1.165) is 11.1 Å². The van der Waals surface area contributed by atoms with Crippen LogP contribution in [-0.2, 0) is 17.8 Å². The first-order valence-corrected chi connectivity index (χ1v) is 5.68. The molecule has 0 saturated carbocycles. The molecular formula is C13H20N2O2. The third-order valence-corrected chi connectivity index (χ3v) is 2.41. The zero-order valence-electron chi connectivity index (χ0n) is 10.4. The Hall–Kier alpha value is -1.39. The van der Waals surface area contributed by atoms with Crippen LogP contribution in [0.4, 0.5) is 0 Å². The number of rotatable bonds is 5. The molecule has 1 rings (SSSR count). The molecule has 0 aliphatic rings. The number of nitrogens with two attached hydrogens (primary N) is 1. The van der Waals surface area contributed by atoms with Gasteiger partial charge >= 0.3 is 0 Å². The molecule has 0 unspecified atom stereocenters. The van der Waals surface area contributed by atoms with Gasteiger partial charge in [-0.25, -0.2) is 0 Å². The number of carbonyl (C=O) groups excluding carboxylic acids is 1. The zero-order chi connectivity index (χ0) is 12.9. The van der Waals surface area contributed by atoms with E-state index in [1.54, 1.807) is 13.8 Å². The van der Waals surface area contributed by atoms with Crippen molar-refractivity contribution < 1.29 is 9.90 Å². The highest BCUT2D eigenvalue weighted by Gasteiger charge is 2.14. The summed E-state index contributed by atoms with van der Waals surface area (Å²) in [5.74, 6) is -0.104. The van der Waals surface area contributed by atoms with E-state index in [9.17, 15) is 9.90 Å². The van der Waals surface area contributed by atoms with Crippen molar-refractivity contribution in [1.82, 2.24) is 5.32 Å². The van der Waals surface area contributed by atoms with Crippen molar-refractivity contribution in [2.24, 2.45) is 5.73 Å². The molecule has 4 heteroatoms. The monoisotopic (exact) mass is 236 g/mol. The number of amides is 1. The molecule has 0 aliphatic carbocycles. The molecule has 0 spiro atoms. The van der Waals surface area contributed by atoms with Crippen LogP contribution in [0.1, 0.15) is 25.0 Å². The van der Waals surface area contributed by atoms with Gasteiger partial charge in [-0.2, -0.15) is 0 Å². The average Bonchev–Trinajstić information content (AvgIpc) is 2.26. The van der Waals surface area contributed by atoms with E-state index in [-0.39, 0.29) is 12.5 Å². The summed E-state index contributed by atoms with van der Waals surface area (Å²) in [4.78, 5) is 11.7. The standard InChI is InChI=1S/C13H20N2O2/c1-13(2,17)9-15-12(16)7-10-5-3-4-6-11(10)8-14/h3-6,17H,7-9,14H2,1-2H3,(H,15,16). The maximum atomic E-state index is 11.7. The van der Waals surface area contributed by atoms with Crippen LogP contribution >= 0.6 is 0 Å². The van der Waals surface area contributed by atoms with Crippen LogP contribution in [0.3, 0.4) is 0 Å². The summed E-state index contributed by atoms with van der Waals surface area (Å²) < 4.78 is 0. The fourth-order valence-electron chi connectivity index (χ4n) is 1.48. The van der Waals surface area contributed by atoms with Gasteiger partial charge in [0.1, 0.15) is 0 Å². The molecule has 4 nitrogen and oxygen atoms in total. The van der Waals surface area contributed by atoms with Crippen LogP contribution in [-0.4, -0.2) is 23.2 Å². The summed E-state index contributed by atoms with van der Waals surface area (Å²) in [6.07, 6.45) is 0.295. The summed E-state index contributed by atoms with van der Waals surface area (Å²) >= 11 is 0. The Bertz CT molecular complexity index is 383. The largest absolute Gasteiger partial charge is 0.389 e. The zero-order valence-corrected chi connectivity index (χ0v) is 10.4. The fraction of sp³-hybridized carbons (Fsp3) is 0.462. The summed E-state index contributed by atoms with van der Waals surface area (Å²) in [7, 11) is 0. The predicted octanol–water partition coefficient (Wildman–Crippen LogP) is 0.575. The molecule has 4 N–H and O–H groups in total. The van der Waals surface area contributed by atoms with E-state index in [1.165, 1.54) is 0 Å². The lowest BCUT2D eigenvalue weighted by Gasteiger charge is -2.17. The second-order valence-corrected chi connectivity index (χ2v) is 4.74. The van der Waals surface area contributed by atoms with Crippen molar-refractivity contribution in [3.8, 4) is 0 Å². The summed E-state index contributed by atoms with van der Waals surface area (Å²) in [5, 5.41) is 12.2. The molecule has 0 radical (unpaired) electrons. The van der Waals surface area contributed by atoms with E-state index < -0.39 is 5.60 Å².